The van der Waals surface area contributed by atoms with Crippen molar-refractivity contribution in [3.05, 3.63) is 106 Å². The summed E-state index contributed by atoms with van der Waals surface area (Å²) < 4.78 is 1.54. The van der Waals surface area contributed by atoms with Gasteiger partial charge in [0.25, 0.3) is 0 Å². The zero-order valence-electron chi connectivity index (χ0n) is 21.3. The highest BCUT2D eigenvalue weighted by molar-refractivity contribution is 6.41. The maximum Gasteiger partial charge on any atom is 0.315 e. The number of Topliss-reactive ketones (excluding diaryl/α,β-unsaturated/α-hetero) is 1. The molecule has 0 aliphatic heterocycles. The molecular formula is C30H26Cl2N4O4. The van der Waals surface area contributed by atoms with Crippen LogP contribution in [0.4, 0.5) is 4.79 Å². The van der Waals surface area contributed by atoms with Gasteiger partial charge in [0.15, 0.2) is 5.78 Å². The van der Waals surface area contributed by atoms with Gasteiger partial charge in [0.05, 0.1) is 39.5 Å². The SMILES string of the molecule is O=C(NC[C@H](CC(=O)c1c(Cl)ccc(-n2cc(-c3ccccc3)cn2)c1Cl)C(=O)O)N[C@@H]1CCc2ccccc21. The number of rotatable bonds is 9. The average Bonchev–Trinajstić information content (AvgIpc) is 3.59. The second kappa shape index (κ2) is 11.9. The summed E-state index contributed by atoms with van der Waals surface area (Å²) in [6.07, 6.45) is 4.69. The van der Waals surface area contributed by atoms with E-state index in [2.05, 4.69) is 15.7 Å². The van der Waals surface area contributed by atoms with Crippen LogP contribution in [0.15, 0.2) is 79.1 Å². The van der Waals surface area contributed by atoms with Crippen molar-refractivity contribution in [3.63, 3.8) is 0 Å². The summed E-state index contributed by atoms with van der Waals surface area (Å²) >= 11 is 13.0. The van der Waals surface area contributed by atoms with Crippen LogP contribution in [0, 0.1) is 5.92 Å². The third kappa shape index (κ3) is 5.88. The Balaban J connectivity index is 1.27. The lowest BCUT2D eigenvalue weighted by Crippen LogP contribution is -2.41. The van der Waals surface area contributed by atoms with Gasteiger partial charge in [-0.1, -0.05) is 77.8 Å². The number of aromatic nitrogens is 2. The first-order valence-electron chi connectivity index (χ1n) is 12.8. The molecule has 4 aromatic rings. The third-order valence-corrected chi connectivity index (χ3v) is 7.71. The third-order valence-electron chi connectivity index (χ3n) is 7.01. The van der Waals surface area contributed by atoms with Gasteiger partial charge >= 0.3 is 12.0 Å². The van der Waals surface area contributed by atoms with Crippen LogP contribution in [0.5, 0.6) is 0 Å². The molecule has 8 nitrogen and oxygen atoms in total. The monoisotopic (exact) mass is 576 g/mol. The molecule has 1 aromatic heterocycles. The molecule has 40 heavy (non-hydrogen) atoms. The number of benzene rings is 3. The number of carbonyl (C=O) groups excluding carboxylic acids is 2. The van der Waals surface area contributed by atoms with Crippen molar-refractivity contribution in [2.75, 3.05) is 6.54 Å². The maximum atomic E-state index is 13.3. The molecule has 0 unspecified atom stereocenters. The van der Waals surface area contributed by atoms with E-state index in [0.717, 1.165) is 29.5 Å². The van der Waals surface area contributed by atoms with Crippen molar-refractivity contribution >= 4 is 41.0 Å². The minimum absolute atomic E-state index is 0.0101. The van der Waals surface area contributed by atoms with Crippen LogP contribution < -0.4 is 10.6 Å². The van der Waals surface area contributed by atoms with Crippen molar-refractivity contribution < 1.29 is 19.5 Å². The molecule has 10 heteroatoms. The van der Waals surface area contributed by atoms with E-state index in [0.29, 0.717) is 5.69 Å². The molecule has 5 rings (SSSR count). The fourth-order valence-electron chi connectivity index (χ4n) is 4.91. The Morgan fingerprint density at radius 3 is 2.52 bits per heavy atom. The zero-order chi connectivity index (χ0) is 28.2. The molecule has 204 valence electrons. The van der Waals surface area contributed by atoms with Gasteiger partial charge in [0, 0.05) is 24.7 Å². The van der Waals surface area contributed by atoms with E-state index in [4.69, 9.17) is 23.2 Å². The molecule has 0 saturated heterocycles. The number of carboxylic acids is 1. The molecule has 3 aromatic carbocycles. The van der Waals surface area contributed by atoms with Crippen LogP contribution in [-0.4, -0.2) is 39.2 Å². The highest BCUT2D eigenvalue weighted by Gasteiger charge is 2.28. The highest BCUT2D eigenvalue weighted by atomic mass is 35.5. The minimum atomic E-state index is -1.22. The second-order valence-corrected chi connectivity index (χ2v) is 10.4. The molecule has 2 amide bonds. The quantitative estimate of drug-likeness (QED) is 0.208. The Hall–Kier alpha value is -4.14. The number of amides is 2. The number of hydrogen-bond donors (Lipinski definition) is 3. The van der Waals surface area contributed by atoms with E-state index in [-0.39, 0.29) is 28.2 Å². The number of hydrogen-bond acceptors (Lipinski definition) is 4. The van der Waals surface area contributed by atoms with Crippen LogP contribution in [-0.2, 0) is 11.2 Å². The number of halogens is 2. The van der Waals surface area contributed by atoms with Crippen molar-refractivity contribution in [1.29, 1.82) is 0 Å². The molecule has 0 saturated carbocycles. The van der Waals surface area contributed by atoms with E-state index in [1.165, 1.54) is 11.6 Å². The van der Waals surface area contributed by atoms with Crippen LogP contribution in [0.3, 0.4) is 0 Å². The fourth-order valence-corrected chi connectivity index (χ4v) is 5.58. The van der Waals surface area contributed by atoms with Crippen molar-refractivity contribution in [2.24, 2.45) is 5.92 Å². The van der Waals surface area contributed by atoms with Crippen LogP contribution in [0.1, 0.15) is 40.4 Å². The Labute approximate surface area is 240 Å². The zero-order valence-corrected chi connectivity index (χ0v) is 22.8. The summed E-state index contributed by atoms with van der Waals surface area (Å²) in [5.74, 6) is -2.95. The summed E-state index contributed by atoms with van der Waals surface area (Å²) in [7, 11) is 0. The van der Waals surface area contributed by atoms with Crippen molar-refractivity contribution in [1.82, 2.24) is 20.4 Å². The number of carbonyl (C=O) groups is 3. The number of nitrogens with one attached hydrogen (secondary N) is 2. The number of urea groups is 1. The fraction of sp³-hybridized carbons (Fsp3) is 0.200. The first kappa shape index (κ1) is 27.4. The highest BCUT2D eigenvalue weighted by Crippen LogP contribution is 2.33. The molecule has 3 N–H and O–H groups in total. The van der Waals surface area contributed by atoms with E-state index in [9.17, 15) is 19.5 Å². The lowest BCUT2D eigenvalue weighted by molar-refractivity contribution is -0.141. The van der Waals surface area contributed by atoms with Crippen LogP contribution in [0.2, 0.25) is 10.0 Å². The van der Waals surface area contributed by atoms with Gasteiger partial charge in [-0.05, 0) is 41.7 Å². The number of aliphatic carboxylic acids is 1. The summed E-state index contributed by atoms with van der Waals surface area (Å²) in [5.41, 5.74) is 4.50. The van der Waals surface area contributed by atoms with Gasteiger partial charge in [-0.25, -0.2) is 9.48 Å². The summed E-state index contributed by atoms with van der Waals surface area (Å²) in [6.45, 7) is -0.240. The van der Waals surface area contributed by atoms with Gasteiger partial charge < -0.3 is 15.7 Å². The lowest BCUT2D eigenvalue weighted by Gasteiger charge is -2.18. The van der Waals surface area contributed by atoms with Gasteiger partial charge in [-0.2, -0.15) is 5.10 Å². The predicted octanol–water partition coefficient (Wildman–Crippen LogP) is 6.11. The largest absolute Gasteiger partial charge is 0.481 e. The minimum Gasteiger partial charge on any atom is -0.481 e. The first-order valence-corrected chi connectivity index (χ1v) is 13.5. The normalized spacial score (nSPS) is 14.8. The molecule has 0 spiro atoms. The molecule has 0 radical (unpaired) electrons. The Morgan fingerprint density at radius 1 is 1.00 bits per heavy atom. The molecule has 2 atom stereocenters. The van der Waals surface area contributed by atoms with Gasteiger partial charge in [-0.3, -0.25) is 9.59 Å². The second-order valence-electron chi connectivity index (χ2n) is 9.60. The van der Waals surface area contributed by atoms with Crippen molar-refractivity contribution in [3.8, 4) is 16.8 Å². The summed E-state index contributed by atoms with van der Waals surface area (Å²) in [6, 6.07) is 20.1. The Morgan fingerprint density at radius 2 is 1.75 bits per heavy atom. The smallest absolute Gasteiger partial charge is 0.315 e. The van der Waals surface area contributed by atoms with E-state index in [1.807, 2.05) is 54.6 Å². The topological polar surface area (TPSA) is 113 Å². The molecule has 1 aliphatic rings. The average molecular weight is 577 g/mol. The predicted molar refractivity (Wildman–Crippen MR) is 153 cm³/mol. The summed E-state index contributed by atoms with van der Waals surface area (Å²) in [4.78, 5) is 37.8. The lowest BCUT2D eigenvalue weighted by atomic mass is 9.97. The molecule has 0 fully saturated rings. The first-order chi connectivity index (χ1) is 19.3. The summed E-state index contributed by atoms with van der Waals surface area (Å²) in [5, 5.41) is 19.8. The van der Waals surface area contributed by atoms with Gasteiger partial charge in [0.1, 0.15) is 0 Å². The number of nitrogens with zero attached hydrogens (tertiary/aromatic N) is 2. The van der Waals surface area contributed by atoms with E-state index < -0.39 is 30.1 Å². The van der Waals surface area contributed by atoms with E-state index >= 15 is 0 Å². The number of aryl methyl sites for hydroxylation is 1. The number of ketones is 1. The molecular weight excluding hydrogens is 551 g/mol. The van der Waals surface area contributed by atoms with Crippen LogP contribution in [0.25, 0.3) is 16.8 Å². The standard InChI is InChI=1S/C30H26Cl2N4O4/c31-23-11-13-25(36-17-21(16-34-36)18-6-2-1-3-7-18)28(32)27(23)26(37)14-20(29(38)39)15-33-30(40)35-24-12-10-19-8-4-5-9-22(19)24/h1-9,11,13,16-17,20,24H,10,12,14-15H2,(H,38,39)(H2,33,35,40)/t20-,24+/m0/s1. The molecule has 1 aliphatic carbocycles. The number of carboxylic acid groups (broad SMARTS) is 1. The molecule has 1 heterocycles. The maximum absolute atomic E-state index is 13.3. The van der Waals surface area contributed by atoms with Gasteiger partial charge in [0.2, 0.25) is 0 Å². The van der Waals surface area contributed by atoms with Crippen molar-refractivity contribution in [2.45, 2.75) is 25.3 Å². The van der Waals surface area contributed by atoms with Gasteiger partial charge in [-0.15, -0.1) is 0 Å². The van der Waals surface area contributed by atoms with Crippen LogP contribution >= 0.6 is 23.2 Å². The number of fused-ring (bicyclic) bond motifs is 1. The van der Waals surface area contributed by atoms with E-state index in [1.54, 1.807) is 23.1 Å². The Bertz CT molecular complexity index is 1570. The Kier molecular flexibility index (Phi) is 8.19. The molecule has 0 bridgehead atoms.